The number of carboxylic acid groups (broad SMARTS) is 1. The lowest BCUT2D eigenvalue weighted by atomic mass is 10.3. The van der Waals surface area contributed by atoms with Gasteiger partial charge in [0, 0.05) is 30.2 Å². The number of nitrogens with zero attached hydrogens (tertiary/aromatic N) is 6. The highest BCUT2D eigenvalue weighted by molar-refractivity contribution is 7.12. The van der Waals surface area contributed by atoms with Crippen LogP contribution in [0.5, 0.6) is 0 Å². The molecule has 1 amide bonds. The Balaban J connectivity index is 0.000000364. The number of carbonyl (C=O) groups is 2. The first-order chi connectivity index (χ1) is 16.7. The second-order valence-electron chi connectivity index (χ2n) is 6.72. The fourth-order valence-corrected chi connectivity index (χ4v) is 3.49. The fraction of sp³-hybridized carbons (Fsp3) is 0.0476. The molecular formula is C21H14F3N7O3S. The molecule has 0 aliphatic carbocycles. The predicted octanol–water partition coefficient (Wildman–Crippen LogP) is 3.92. The molecule has 14 heteroatoms. The van der Waals surface area contributed by atoms with Gasteiger partial charge in [0.15, 0.2) is 16.6 Å². The maximum atomic E-state index is 12.8. The van der Waals surface area contributed by atoms with Crippen molar-refractivity contribution < 1.29 is 27.9 Å². The number of aromatic nitrogens is 6. The van der Waals surface area contributed by atoms with Crippen molar-refractivity contribution >= 4 is 34.4 Å². The number of imidazole rings is 2. The highest BCUT2D eigenvalue weighted by Crippen LogP contribution is 2.23. The zero-order chi connectivity index (χ0) is 25.0. The maximum Gasteiger partial charge on any atom is 0.490 e. The molecule has 0 fully saturated rings. The molecule has 178 valence electrons. The van der Waals surface area contributed by atoms with Crippen molar-refractivity contribution in [3.05, 3.63) is 78.7 Å². The van der Waals surface area contributed by atoms with E-state index in [9.17, 15) is 18.0 Å². The Morgan fingerprint density at radius 3 is 2.54 bits per heavy atom. The number of carbonyl (C=O) groups excluding carboxylic acids is 1. The quantitative estimate of drug-likeness (QED) is 0.382. The Bertz CT molecular complexity index is 1460. The number of nitrogens with one attached hydrogen (secondary N) is 1. The number of pyridine rings is 2. The van der Waals surface area contributed by atoms with E-state index in [0.29, 0.717) is 28.4 Å². The molecule has 2 N–H and O–H groups in total. The van der Waals surface area contributed by atoms with Crippen molar-refractivity contribution in [2.24, 2.45) is 0 Å². The van der Waals surface area contributed by atoms with E-state index in [-0.39, 0.29) is 5.91 Å². The van der Waals surface area contributed by atoms with Crippen molar-refractivity contribution in [2.45, 2.75) is 6.18 Å². The summed E-state index contributed by atoms with van der Waals surface area (Å²) >= 11 is 1.51. The average molecular weight is 501 g/mol. The SMILES string of the molecule is O=C(Nc1cccnc1)c1nc(-c2cn(-c3nccs3)cn2)n2ccccc12.O=C(O)C(F)(F)F. The van der Waals surface area contributed by atoms with Crippen LogP contribution in [0.3, 0.4) is 0 Å². The largest absolute Gasteiger partial charge is 0.490 e. The third-order valence-corrected chi connectivity index (χ3v) is 5.16. The van der Waals surface area contributed by atoms with E-state index in [4.69, 9.17) is 9.90 Å². The third-order valence-electron chi connectivity index (χ3n) is 4.38. The van der Waals surface area contributed by atoms with Gasteiger partial charge in [-0.05, 0) is 24.3 Å². The van der Waals surface area contributed by atoms with E-state index in [1.165, 1.54) is 11.3 Å². The molecule has 35 heavy (non-hydrogen) atoms. The molecule has 0 unspecified atom stereocenters. The summed E-state index contributed by atoms with van der Waals surface area (Å²) < 4.78 is 35.4. The van der Waals surface area contributed by atoms with Gasteiger partial charge < -0.3 is 10.4 Å². The number of hydrogen-bond acceptors (Lipinski definition) is 7. The highest BCUT2D eigenvalue weighted by atomic mass is 32.1. The van der Waals surface area contributed by atoms with Crippen LogP contribution in [0.15, 0.2) is 73.0 Å². The molecule has 5 rings (SSSR count). The van der Waals surface area contributed by atoms with E-state index in [1.54, 1.807) is 37.1 Å². The second-order valence-corrected chi connectivity index (χ2v) is 7.59. The van der Waals surface area contributed by atoms with Crippen molar-refractivity contribution in [1.82, 2.24) is 28.9 Å². The molecule has 5 aromatic rings. The molecule has 0 saturated heterocycles. The molecule has 0 aromatic carbocycles. The van der Waals surface area contributed by atoms with Gasteiger partial charge in [-0.25, -0.2) is 19.7 Å². The lowest BCUT2D eigenvalue weighted by Crippen LogP contribution is -2.21. The van der Waals surface area contributed by atoms with Crippen LogP contribution in [0.2, 0.25) is 0 Å². The Morgan fingerprint density at radius 2 is 1.89 bits per heavy atom. The molecule has 10 nitrogen and oxygen atoms in total. The lowest BCUT2D eigenvalue weighted by Gasteiger charge is -2.02. The zero-order valence-corrected chi connectivity index (χ0v) is 18.2. The smallest absolute Gasteiger partial charge is 0.475 e. The Morgan fingerprint density at radius 1 is 1.09 bits per heavy atom. The molecule has 0 atom stereocenters. The van der Waals surface area contributed by atoms with Gasteiger partial charge in [0.1, 0.15) is 12.0 Å². The van der Waals surface area contributed by atoms with E-state index in [2.05, 4.69) is 25.3 Å². The molecule has 5 heterocycles. The van der Waals surface area contributed by atoms with Crippen LogP contribution >= 0.6 is 11.3 Å². The van der Waals surface area contributed by atoms with Crippen molar-refractivity contribution in [3.8, 4) is 16.6 Å². The number of rotatable bonds is 4. The summed E-state index contributed by atoms with van der Waals surface area (Å²) in [6, 6.07) is 9.15. The van der Waals surface area contributed by atoms with Gasteiger partial charge in [-0.2, -0.15) is 13.2 Å². The van der Waals surface area contributed by atoms with Gasteiger partial charge in [0.25, 0.3) is 5.91 Å². The minimum absolute atomic E-state index is 0.303. The van der Waals surface area contributed by atoms with Gasteiger partial charge in [-0.1, -0.05) is 6.07 Å². The van der Waals surface area contributed by atoms with Crippen molar-refractivity contribution in [1.29, 1.82) is 0 Å². The molecule has 0 spiro atoms. The van der Waals surface area contributed by atoms with Gasteiger partial charge in [-0.15, -0.1) is 11.3 Å². The van der Waals surface area contributed by atoms with Crippen molar-refractivity contribution in [3.63, 3.8) is 0 Å². The van der Waals surface area contributed by atoms with Crippen molar-refractivity contribution in [2.75, 3.05) is 5.32 Å². The van der Waals surface area contributed by atoms with Crippen LogP contribution in [0.1, 0.15) is 10.5 Å². The predicted molar refractivity (Wildman–Crippen MR) is 119 cm³/mol. The summed E-state index contributed by atoms with van der Waals surface area (Å²) in [7, 11) is 0. The average Bonchev–Trinajstić information content (AvgIpc) is 3.58. The van der Waals surface area contributed by atoms with E-state index >= 15 is 0 Å². The number of aliphatic carboxylic acids is 1. The van der Waals surface area contributed by atoms with Crippen LogP contribution in [0, 0.1) is 0 Å². The number of carboxylic acids is 1. The zero-order valence-electron chi connectivity index (χ0n) is 17.4. The lowest BCUT2D eigenvalue weighted by molar-refractivity contribution is -0.192. The number of halogens is 3. The van der Waals surface area contributed by atoms with Gasteiger partial charge in [0.2, 0.25) is 0 Å². The van der Waals surface area contributed by atoms with Crippen LogP contribution in [0.4, 0.5) is 18.9 Å². The number of fused-ring (bicyclic) bond motifs is 1. The van der Waals surface area contributed by atoms with Crippen LogP contribution in [-0.4, -0.2) is 52.1 Å². The summed E-state index contributed by atoms with van der Waals surface area (Å²) in [5.41, 5.74) is 2.28. The standard InChI is InChI=1S/C19H13N7OS.C2HF3O2/c27-18(23-13-4-3-6-20-10-13)16-15-5-1-2-8-26(15)17(24-16)14-11-25(12-22-14)19-21-7-9-28-19;3-2(4,5)1(6)7/h1-12H,(H,23,27);(H,6,7). The molecular weight excluding hydrogens is 487 g/mol. The molecule has 0 bridgehead atoms. The first kappa shape index (κ1) is 23.6. The minimum Gasteiger partial charge on any atom is -0.475 e. The topological polar surface area (TPSA) is 127 Å². The van der Waals surface area contributed by atoms with Gasteiger partial charge in [0.05, 0.1) is 17.4 Å². The third kappa shape index (κ3) is 5.33. The Kier molecular flexibility index (Phi) is 6.55. The van der Waals surface area contributed by atoms with E-state index in [0.717, 1.165) is 5.13 Å². The number of alkyl halides is 3. The molecule has 0 saturated carbocycles. The minimum atomic E-state index is -5.08. The summed E-state index contributed by atoms with van der Waals surface area (Å²) in [5, 5.41) is 12.7. The first-order valence-electron chi connectivity index (χ1n) is 9.67. The van der Waals surface area contributed by atoms with Crippen LogP contribution < -0.4 is 5.32 Å². The number of anilines is 1. The second kappa shape index (κ2) is 9.72. The highest BCUT2D eigenvalue weighted by Gasteiger charge is 2.38. The Labute approximate surface area is 198 Å². The van der Waals surface area contributed by atoms with E-state index in [1.807, 2.05) is 44.9 Å². The summed E-state index contributed by atoms with van der Waals surface area (Å²) in [6.07, 6.45) is 5.30. The molecule has 0 aliphatic heterocycles. The number of hydrogen-bond donors (Lipinski definition) is 2. The van der Waals surface area contributed by atoms with Gasteiger partial charge >= 0.3 is 12.1 Å². The summed E-state index contributed by atoms with van der Waals surface area (Å²) in [4.78, 5) is 39.0. The maximum absolute atomic E-state index is 12.8. The Hall–Kier alpha value is -4.59. The summed E-state index contributed by atoms with van der Waals surface area (Å²) in [6.45, 7) is 0. The fourth-order valence-electron chi connectivity index (χ4n) is 2.90. The van der Waals surface area contributed by atoms with Gasteiger partial charge in [-0.3, -0.25) is 18.7 Å². The molecule has 0 aliphatic rings. The monoisotopic (exact) mass is 501 g/mol. The van der Waals surface area contributed by atoms with E-state index < -0.39 is 12.1 Å². The first-order valence-corrected chi connectivity index (χ1v) is 10.5. The summed E-state index contributed by atoms with van der Waals surface area (Å²) in [5.74, 6) is -2.47. The van der Waals surface area contributed by atoms with Crippen LogP contribution in [0.25, 0.3) is 22.2 Å². The normalized spacial score (nSPS) is 11.1. The van der Waals surface area contributed by atoms with Crippen LogP contribution in [-0.2, 0) is 4.79 Å². The molecule has 5 aromatic heterocycles. The number of thiazole rings is 1. The number of amides is 1. The molecule has 0 radical (unpaired) electrons.